The van der Waals surface area contributed by atoms with Gasteiger partial charge in [0.1, 0.15) is 17.9 Å². The van der Waals surface area contributed by atoms with Crippen LogP contribution in [0, 0.1) is 5.82 Å². The van der Waals surface area contributed by atoms with E-state index >= 15 is 0 Å². The third-order valence-electron chi connectivity index (χ3n) is 3.24. The molecule has 0 aliphatic carbocycles. The summed E-state index contributed by atoms with van der Waals surface area (Å²) in [5.74, 6) is -2.12. The molecule has 3 amide bonds. The van der Waals surface area contributed by atoms with Crippen molar-refractivity contribution >= 4 is 17.7 Å². The summed E-state index contributed by atoms with van der Waals surface area (Å²) in [5.41, 5.74) is 6.50. The van der Waals surface area contributed by atoms with E-state index in [1.807, 2.05) is 0 Å². The second-order valence-electron chi connectivity index (χ2n) is 5.71. The van der Waals surface area contributed by atoms with E-state index in [2.05, 4.69) is 17.2 Å². The molecule has 1 aromatic rings. The molecule has 0 unspecified atom stereocenters. The van der Waals surface area contributed by atoms with Crippen LogP contribution in [-0.2, 0) is 20.8 Å². The number of carbonyl (C=O) groups excluding carboxylic acids is 3. The fourth-order valence-electron chi connectivity index (χ4n) is 2.20. The third kappa shape index (κ3) is 6.60. The van der Waals surface area contributed by atoms with Gasteiger partial charge in [-0.2, -0.15) is 0 Å². The molecule has 0 aliphatic heterocycles. The van der Waals surface area contributed by atoms with E-state index in [4.69, 9.17) is 5.73 Å². The lowest BCUT2D eigenvalue weighted by molar-refractivity contribution is -0.130. The van der Waals surface area contributed by atoms with Gasteiger partial charge in [0.05, 0.1) is 0 Å². The van der Waals surface area contributed by atoms with Crippen molar-refractivity contribution in [3.63, 3.8) is 0 Å². The molecule has 4 N–H and O–H groups in total. The van der Waals surface area contributed by atoms with E-state index in [-0.39, 0.29) is 12.8 Å². The summed E-state index contributed by atoms with van der Waals surface area (Å²) in [6, 6.07) is 3.86. The molecule has 24 heavy (non-hydrogen) atoms. The summed E-state index contributed by atoms with van der Waals surface area (Å²) in [7, 11) is 0. The Kier molecular flexibility index (Phi) is 7.10. The van der Waals surface area contributed by atoms with Crippen molar-refractivity contribution < 1.29 is 18.8 Å². The predicted molar refractivity (Wildman–Crippen MR) is 88.3 cm³/mol. The number of benzene rings is 1. The zero-order chi connectivity index (χ0) is 18.3. The topological polar surface area (TPSA) is 101 Å². The number of primary amides is 1. The largest absolute Gasteiger partial charge is 0.368 e. The lowest BCUT2D eigenvalue weighted by atomic mass is 10.0. The van der Waals surface area contributed by atoms with Gasteiger partial charge in [-0.15, -0.1) is 6.58 Å². The molecule has 1 rings (SSSR count). The van der Waals surface area contributed by atoms with Crippen molar-refractivity contribution in [2.45, 2.75) is 38.8 Å². The van der Waals surface area contributed by atoms with Crippen molar-refractivity contribution in [1.82, 2.24) is 10.6 Å². The Morgan fingerprint density at radius 2 is 1.88 bits per heavy atom. The fraction of sp³-hybridized carbons (Fsp3) is 0.353. The Hall–Kier alpha value is -2.70. The standard InChI is InChI=1S/C17H22FN3O3/c1-10(2)7-14(16(19)23)21-17(24)15(20-11(3)22)9-12-5-4-6-13(18)8-12/h4-6,8,14-15H,1,7,9H2,2-3H3,(H2,19,23)(H,20,22)(H,21,24)/t14-,15+/m1/s1. The second kappa shape index (κ2) is 8.81. The fourth-order valence-corrected chi connectivity index (χ4v) is 2.20. The zero-order valence-corrected chi connectivity index (χ0v) is 13.8. The van der Waals surface area contributed by atoms with Gasteiger partial charge in [-0.3, -0.25) is 14.4 Å². The molecule has 0 saturated heterocycles. The highest BCUT2D eigenvalue weighted by Gasteiger charge is 2.25. The Bertz CT molecular complexity index is 646. The van der Waals surface area contributed by atoms with Crippen LogP contribution in [0.3, 0.4) is 0 Å². The zero-order valence-electron chi connectivity index (χ0n) is 13.8. The Labute approximate surface area is 140 Å². The summed E-state index contributed by atoms with van der Waals surface area (Å²) in [6.45, 7) is 6.66. The first kappa shape index (κ1) is 19.3. The SMILES string of the molecule is C=C(C)C[C@@H](NC(=O)[C@H](Cc1cccc(F)c1)NC(C)=O)C(N)=O. The molecule has 2 atom stereocenters. The Balaban J connectivity index is 2.89. The molecule has 6 nitrogen and oxygen atoms in total. The molecular formula is C17H22FN3O3. The number of hydrogen-bond donors (Lipinski definition) is 3. The highest BCUT2D eigenvalue weighted by molar-refractivity contribution is 5.91. The lowest BCUT2D eigenvalue weighted by Crippen LogP contribution is -2.53. The average Bonchev–Trinajstić information content (AvgIpc) is 2.44. The van der Waals surface area contributed by atoms with Gasteiger partial charge < -0.3 is 16.4 Å². The molecule has 7 heteroatoms. The maximum atomic E-state index is 13.3. The Morgan fingerprint density at radius 1 is 1.21 bits per heavy atom. The minimum absolute atomic E-state index is 0.0850. The molecule has 0 saturated carbocycles. The second-order valence-corrected chi connectivity index (χ2v) is 5.71. The molecule has 0 heterocycles. The number of nitrogens with two attached hydrogens (primary N) is 1. The van der Waals surface area contributed by atoms with Gasteiger partial charge in [-0.05, 0) is 31.0 Å². The van der Waals surface area contributed by atoms with Gasteiger partial charge >= 0.3 is 0 Å². The number of rotatable bonds is 8. The smallest absolute Gasteiger partial charge is 0.243 e. The van der Waals surface area contributed by atoms with Gasteiger partial charge in [-0.25, -0.2) is 4.39 Å². The van der Waals surface area contributed by atoms with Crippen LogP contribution in [-0.4, -0.2) is 29.8 Å². The van der Waals surface area contributed by atoms with Crippen LogP contribution < -0.4 is 16.4 Å². The molecule has 0 radical (unpaired) electrons. The summed E-state index contributed by atoms with van der Waals surface area (Å²) in [6.07, 6.45) is 0.287. The minimum Gasteiger partial charge on any atom is -0.368 e. The number of nitrogens with one attached hydrogen (secondary N) is 2. The van der Waals surface area contributed by atoms with Crippen molar-refractivity contribution in [1.29, 1.82) is 0 Å². The minimum atomic E-state index is -0.948. The van der Waals surface area contributed by atoms with Gasteiger partial charge in [-0.1, -0.05) is 17.7 Å². The summed E-state index contributed by atoms with van der Waals surface area (Å²) < 4.78 is 13.3. The van der Waals surface area contributed by atoms with E-state index in [1.54, 1.807) is 13.0 Å². The average molecular weight is 335 g/mol. The number of carbonyl (C=O) groups is 3. The quantitative estimate of drug-likeness (QED) is 0.613. The van der Waals surface area contributed by atoms with E-state index in [1.165, 1.54) is 25.1 Å². The lowest BCUT2D eigenvalue weighted by Gasteiger charge is -2.21. The van der Waals surface area contributed by atoms with Crippen molar-refractivity contribution in [2.24, 2.45) is 5.73 Å². The molecule has 0 aliphatic rings. The molecule has 0 fully saturated rings. The van der Waals surface area contributed by atoms with Crippen molar-refractivity contribution in [3.8, 4) is 0 Å². The summed E-state index contributed by atoms with van der Waals surface area (Å²) >= 11 is 0. The van der Waals surface area contributed by atoms with E-state index in [9.17, 15) is 18.8 Å². The number of amides is 3. The van der Waals surface area contributed by atoms with E-state index in [0.29, 0.717) is 11.1 Å². The summed E-state index contributed by atoms with van der Waals surface area (Å²) in [5, 5.41) is 5.00. The summed E-state index contributed by atoms with van der Waals surface area (Å²) in [4.78, 5) is 35.2. The molecule has 0 bridgehead atoms. The highest BCUT2D eigenvalue weighted by atomic mass is 19.1. The molecule has 1 aromatic carbocycles. The maximum Gasteiger partial charge on any atom is 0.243 e. The van der Waals surface area contributed by atoms with Crippen molar-refractivity contribution in [2.75, 3.05) is 0 Å². The van der Waals surface area contributed by atoms with E-state index < -0.39 is 35.6 Å². The third-order valence-corrected chi connectivity index (χ3v) is 3.24. The van der Waals surface area contributed by atoms with Crippen LogP contribution in [0.4, 0.5) is 4.39 Å². The highest BCUT2D eigenvalue weighted by Crippen LogP contribution is 2.08. The molecule has 0 aromatic heterocycles. The van der Waals surface area contributed by atoms with Gasteiger partial charge in [0.25, 0.3) is 0 Å². The monoisotopic (exact) mass is 335 g/mol. The molecular weight excluding hydrogens is 313 g/mol. The first-order valence-electron chi connectivity index (χ1n) is 7.44. The Morgan fingerprint density at radius 3 is 2.38 bits per heavy atom. The number of halogens is 1. The number of hydrogen-bond acceptors (Lipinski definition) is 3. The molecule has 0 spiro atoms. The van der Waals surface area contributed by atoms with Crippen LogP contribution in [0.15, 0.2) is 36.4 Å². The van der Waals surface area contributed by atoms with Gasteiger partial charge in [0.2, 0.25) is 17.7 Å². The normalized spacial score (nSPS) is 12.8. The first-order valence-corrected chi connectivity index (χ1v) is 7.44. The van der Waals surface area contributed by atoms with Crippen LogP contribution in [0.2, 0.25) is 0 Å². The maximum absolute atomic E-state index is 13.3. The van der Waals surface area contributed by atoms with Crippen LogP contribution in [0.25, 0.3) is 0 Å². The van der Waals surface area contributed by atoms with Crippen molar-refractivity contribution in [3.05, 3.63) is 47.8 Å². The van der Waals surface area contributed by atoms with Crippen LogP contribution in [0.1, 0.15) is 25.8 Å². The van der Waals surface area contributed by atoms with Crippen LogP contribution >= 0.6 is 0 Å². The van der Waals surface area contributed by atoms with Crippen LogP contribution in [0.5, 0.6) is 0 Å². The first-order chi connectivity index (χ1) is 11.2. The van der Waals surface area contributed by atoms with E-state index in [0.717, 1.165) is 0 Å². The van der Waals surface area contributed by atoms with Gasteiger partial charge in [0.15, 0.2) is 0 Å². The predicted octanol–water partition coefficient (Wildman–Crippen LogP) is 0.809. The molecule has 130 valence electrons. The van der Waals surface area contributed by atoms with Gasteiger partial charge in [0, 0.05) is 13.3 Å².